The minimum atomic E-state index is 0.390. The zero-order valence-electron chi connectivity index (χ0n) is 14.4. The van der Waals surface area contributed by atoms with Crippen molar-refractivity contribution in [3.8, 4) is 35.2 Å². The molecule has 3 rings (SSSR count). The predicted octanol–water partition coefficient (Wildman–Crippen LogP) is 3.63. The molecule has 1 aromatic heterocycles. The molecule has 0 N–H and O–H groups in total. The fourth-order valence-electron chi connectivity index (χ4n) is 2.39. The van der Waals surface area contributed by atoms with Gasteiger partial charge in [-0.1, -0.05) is 24.6 Å². The van der Waals surface area contributed by atoms with Crippen molar-refractivity contribution in [1.29, 1.82) is 0 Å². The molecule has 0 spiro atoms. The fraction of sp³-hybridized carbons (Fsp3) is 0.143. The number of ether oxygens (including phenoxy) is 3. The Bertz CT molecular complexity index is 977. The number of nitrogens with zero attached hydrogens (tertiary/aromatic N) is 2. The van der Waals surface area contributed by atoms with Crippen LogP contribution in [0, 0.1) is 18.5 Å². The van der Waals surface area contributed by atoms with Gasteiger partial charge in [0, 0.05) is 29.7 Å². The first-order valence-corrected chi connectivity index (χ1v) is 7.95. The number of hydrogen-bond donors (Lipinski definition) is 0. The minimum Gasteiger partial charge on any atom is -0.487 e. The third-order valence-electron chi connectivity index (χ3n) is 3.61. The second-order valence-electron chi connectivity index (χ2n) is 5.33. The Morgan fingerprint density at radius 3 is 2.88 bits per heavy atom. The highest BCUT2D eigenvalue weighted by molar-refractivity contribution is 5.83. The molecule has 0 aliphatic carbocycles. The maximum atomic E-state index is 5.72. The van der Waals surface area contributed by atoms with Crippen LogP contribution in [0.2, 0.25) is 0 Å². The van der Waals surface area contributed by atoms with Crippen LogP contribution in [-0.4, -0.2) is 30.3 Å². The fourth-order valence-corrected chi connectivity index (χ4v) is 2.39. The Balaban J connectivity index is 2.03. The molecule has 0 aliphatic rings. The lowest BCUT2D eigenvalue weighted by Crippen LogP contribution is -2.05. The van der Waals surface area contributed by atoms with Gasteiger partial charge in [-0.05, 0) is 18.2 Å². The summed E-state index contributed by atoms with van der Waals surface area (Å²) in [7, 11) is 1.61. The maximum absolute atomic E-state index is 5.72. The summed E-state index contributed by atoms with van der Waals surface area (Å²) in [5.41, 5.74) is 2.28. The molecule has 5 nitrogen and oxygen atoms in total. The van der Waals surface area contributed by atoms with E-state index in [1.165, 1.54) is 6.26 Å². The number of fused-ring (bicyclic) bond motifs is 1. The molecule has 0 unspecified atom stereocenters. The van der Waals surface area contributed by atoms with Gasteiger partial charge in [-0.15, -0.1) is 6.42 Å². The van der Waals surface area contributed by atoms with Crippen LogP contribution in [0.5, 0.6) is 11.5 Å². The summed E-state index contributed by atoms with van der Waals surface area (Å²) in [6, 6.07) is 11.0. The zero-order chi connectivity index (χ0) is 18.4. The molecule has 5 heteroatoms. The summed E-state index contributed by atoms with van der Waals surface area (Å²) in [6.07, 6.45) is 9.79. The first-order valence-electron chi connectivity index (χ1n) is 7.95. The molecule has 0 aliphatic heterocycles. The van der Waals surface area contributed by atoms with Gasteiger partial charge >= 0.3 is 0 Å². The zero-order valence-corrected chi connectivity index (χ0v) is 14.4. The number of methoxy groups -OCH3 is 1. The van der Waals surface area contributed by atoms with E-state index < -0.39 is 0 Å². The number of hydrogen-bond acceptors (Lipinski definition) is 5. The monoisotopic (exact) mass is 345 g/mol. The van der Waals surface area contributed by atoms with Crippen molar-refractivity contribution in [3.63, 3.8) is 0 Å². The van der Waals surface area contributed by atoms with E-state index in [1.54, 1.807) is 19.2 Å². The lowest BCUT2D eigenvalue weighted by Gasteiger charge is -2.12. The van der Waals surface area contributed by atoms with Gasteiger partial charge in [0.1, 0.15) is 12.8 Å². The van der Waals surface area contributed by atoms with Crippen LogP contribution >= 0.6 is 0 Å². The average Bonchev–Trinajstić information content (AvgIpc) is 2.68. The lowest BCUT2D eigenvalue weighted by atomic mass is 10.1. The second kappa shape index (κ2) is 8.15. The first-order chi connectivity index (χ1) is 12.7. The smallest absolute Gasteiger partial charge is 0.169 e. The molecular formula is C21H17N2O3. The van der Waals surface area contributed by atoms with Gasteiger partial charge in [0.05, 0.1) is 18.4 Å². The molecule has 3 aromatic rings. The van der Waals surface area contributed by atoms with E-state index >= 15 is 0 Å². The second-order valence-corrected chi connectivity index (χ2v) is 5.33. The van der Waals surface area contributed by atoms with E-state index in [0.29, 0.717) is 41.4 Å². The van der Waals surface area contributed by atoms with Crippen LogP contribution in [-0.2, 0) is 4.74 Å². The van der Waals surface area contributed by atoms with Crippen molar-refractivity contribution < 1.29 is 14.2 Å². The van der Waals surface area contributed by atoms with E-state index in [0.717, 1.165) is 11.1 Å². The summed E-state index contributed by atoms with van der Waals surface area (Å²) in [4.78, 5) is 8.92. The Labute approximate surface area is 152 Å². The van der Waals surface area contributed by atoms with Crippen LogP contribution in [0.15, 0.2) is 49.2 Å². The summed E-state index contributed by atoms with van der Waals surface area (Å²) in [5, 5.41) is 0.706. The highest BCUT2D eigenvalue weighted by atomic mass is 16.5. The molecule has 1 radical (unpaired) electrons. The van der Waals surface area contributed by atoms with Crippen molar-refractivity contribution in [1.82, 2.24) is 9.97 Å². The summed E-state index contributed by atoms with van der Waals surface area (Å²) in [6.45, 7) is 4.44. The quantitative estimate of drug-likeness (QED) is 0.372. The van der Waals surface area contributed by atoms with E-state index in [-0.39, 0.29) is 0 Å². The molecule has 0 bridgehead atoms. The predicted molar refractivity (Wildman–Crippen MR) is 99.9 cm³/mol. The van der Waals surface area contributed by atoms with Gasteiger partial charge in [-0.3, -0.25) is 0 Å². The highest BCUT2D eigenvalue weighted by Crippen LogP contribution is 2.32. The first kappa shape index (κ1) is 17.5. The molecule has 129 valence electrons. The van der Waals surface area contributed by atoms with Gasteiger partial charge < -0.3 is 14.2 Å². The lowest BCUT2D eigenvalue weighted by molar-refractivity contribution is 0.145. The highest BCUT2D eigenvalue weighted by Gasteiger charge is 2.11. The molecule has 0 atom stereocenters. The van der Waals surface area contributed by atoms with Crippen LogP contribution < -0.4 is 9.47 Å². The Morgan fingerprint density at radius 2 is 2.12 bits per heavy atom. The van der Waals surface area contributed by atoms with Gasteiger partial charge in [-0.2, -0.15) is 0 Å². The Hall–Kier alpha value is -3.36. The summed E-state index contributed by atoms with van der Waals surface area (Å²) in [5.74, 6) is 4.21. The topological polar surface area (TPSA) is 53.5 Å². The normalized spacial score (nSPS) is 10.3. The summed E-state index contributed by atoms with van der Waals surface area (Å²) >= 11 is 0. The van der Waals surface area contributed by atoms with Crippen molar-refractivity contribution in [2.75, 3.05) is 20.3 Å². The Morgan fingerprint density at radius 1 is 1.23 bits per heavy atom. The van der Waals surface area contributed by atoms with Crippen LogP contribution in [0.1, 0.15) is 5.56 Å². The molecule has 0 saturated carbocycles. The molecule has 2 aromatic carbocycles. The standard InChI is InChI=1S/C21H17N2O3/c1-4-15-7-6-8-16(11-15)21-22-14-17-12-19(25-5-2)20(13-18(17)23-21)26-10-9-24-3/h1,5-8,11-13H,2,9-10H2,3H3. The van der Waals surface area contributed by atoms with Crippen molar-refractivity contribution in [2.45, 2.75) is 0 Å². The van der Waals surface area contributed by atoms with Gasteiger partial charge in [0.25, 0.3) is 0 Å². The van der Waals surface area contributed by atoms with Crippen LogP contribution in [0.4, 0.5) is 0 Å². The third-order valence-corrected chi connectivity index (χ3v) is 3.61. The maximum Gasteiger partial charge on any atom is 0.169 e. The minimum absolute atomic E-state index is 0.390. The van der Waals surface area contributed by atoms with E-state index in [1.807, 2.05) is 24.3 Å². The molecule has 1 heterocycles. The van der Waals surface area contributed by atoms with Gasteiger partial charge in [-0.25, -0.2) is 9.97 Å². The van der Waals surface area contributed by atoms with Crippen molar-refractivity contribution in [2.24, 2.45) is 0 Å². The van der Waals surface area contributed by atoms with E-state index in [2.05, 4.69) is 28.7 Å². The van der Waals surface area contributed by atoms with Crippen LogP contribution in [0.25, 0.3) is 22.3 Å². The molecule has 0 amide bonds. The average molecular weight is 345 g/mol. The molecule has 0 saturated heterocycles. The SMILES string of the molecule is C#Cc1cccc(-c2n[c]c3cc(OC=C)c(OCCOC)cc3n2)c1. The van der Waals surface area contributed by atoms with Crippen molar-refractivity contribution >= 4 is 10.9 Å². The van der Waals surface area contributed by atoms with E-state index in [9.17, 15) is 0 Å². The number of terminal acetylenes is 1. The Kier molecular flexibility index (Phi) is 5.47. The summed E-state index contributed by atoms with van der Waals surface area (Å²) < 4.78 is 16.2. The van der Waals surface area contributed by atoms with Gasteiger partial charge in [0.2, 0.25) is 0 Å². The number of aromatic nitrogens is 2. The molecule has 0 fully saturated rings. The van der Waals surface area contributed by atoms with Crippen LogP contribution in [0.3, 0.4) is 0 Å². The van der Waals surface area contributed by atoms with Gasteiger partial charge in [0.15, 0.2) is 17.3 Å². The van der Waals surface area contributed by atoms with E-state index in [4.69, 9.17) is 20.6 Å². The third kappa shape index (κ3) is 3.82. The molecular weight excluding hydrogens is 328 g/mol. The number of rotatable bonds is 7. The molecule has 26 heavy (non-hydrogen) atoms. The number of benzene rings is 2. The van der Waals surface area contributed by atoms with Crippen molar-refractivity contribution in [3.05, 3.63) is 61.0 Å². The largest absolute Gasteiger partial charge is 0.487 e.